The van der Waals surface area contributed by atoms with Crippen molar-refractivity contribution >= 4 is 10.9 Å². The maximum Gasteiger partial charge on any atom is 0.126 e. The van der Waals surface area contributed by atoms with Crippen molar-refractivity contribution in [3.8, 4) is 0 Å². The van der Waals surface area contributed by atoms with Gasteiger partial charge in [0.05, 0.1) is 5.52 Å². The van der Waals surface area contributed by atoms with E-state index in [0.717, 1.165) is 38.8 Å². The Morgan fingerprint density at radius 3 is 2.19 bits per heavy atom. The molecule has 2 heterocycles. The molecule has 142 valence electrons. The Morgan fingerprint density at radius 2 is 1.52 bits per heavy atom. The van der Waals surface area contributed by atoms with E-state index >= 15 is 0 Å². The molecule has 1 N–H and O–H groups in total. The molecule has 5 heteroatoms. The van der Waals surface area contributed by atoms with Crippen molar-refractivity contribution in [2.24, 2.45) is 0 Å². The van der Waals surface area contributed by atoms with Gasteiger partial charge in [-0.15, -0.1) is 0 Å². The van der Waals surface area contributed by atoms with E-state index in [9.17, 15) is 8.78 Å². The van der Waals surface area contributed by atoms with Crippen LogP contribution in [0.15, 0.2) is 36.4 Å². The molecule has 3 nitrogen and oxygen atoms in total. The van der Waals surface area contributed by atoms with Crippen molar-refractivity contribution < 1.29 is 8.78 Å². The van der Waals surface area contributed by atoms with Gasteiger partial charge in [0.1, 0.15) is 11.6 Å². The van der Waals surface area contributed by atoms with Crippen molar-refractivity contribution in [2.45, 2.75) is 26.9 Å². The zero-order valence-corrected chi connectivity index (χ0v) is 15.9. The van der Waals surface area contributed by atoms with Gasteiger partial charge in [0, 0.05) is 56.4 Å². The van der Waals surface area contributed by atoms with Gasteiger partial charge in [0.15, 0.2) is 0 Å². The smallest absolute Gasteiger partial charge is 0.126 e. The van der Waals surface area contributed by atoms with E-state index in [4.69, 9.17) is 0 Å². The second kappa shape index (κ2) is 7.41. The number of aryl methyl sites for hydroxylation is 2. The molecule has 0 atom stereocenters. The number of benzene rings is 2. The van der Waals surface area contributed by atoms with E-state index in [-0.39, 0.29) is 0 Å². The molecule has 2 aromatic carbocycles. The number of piperazine rings is 1. The third kappa shape index (κ3) is 3.89. The SMILES string of the molecule is Cc1[nH]c2c(CN3CCN(Cc4cc(F)cc(F)c4)CC3)cccc2c1C. The largest absolute Gasteiger partial charge is 0.358 e. The van der Waals surface area contributed by atoms with Crippen molar-refractivity contribution in [1.82, 2.24) is 14.8 Å². The first kappa shape index (κ1) is 18.1. The number of hydrogen-bond donors (Lipinski definition) is 1. The van der Waals surface area contributed by atoms with E-state index in [1.165, 1.54) is 39.9 Å². The monoisotopic (exact) mass is 369 g/mol. The fourth-order valence-electron chi connectivity index (χ4n) is 3.98. The normalized spacial score (nSPS) is 16.3. The van der Waals surface area contributed by atoms with Crippen LogP contribution >= 0.6 is 0 Å². The van der Waals surface area contributed by atoms with Gasteiger partial charge in [-0.3, -0.25) is 9.80 Å². The fraction of sp³-hybridized carbons (Fsp3) is 0.364. The molecule has 27 heavy (non-hydrogen) atoms. The minimum absolute atomic E-state index is 0.506. The lowest BCUT2D eigenvalue weighted by atomic mass is 10.1. The highest BCUT2D eigenvalue weighted by molar-refractivity contribution is 5.87. The summed E-state index contributed by atoms with van der Waals surface area (Å²) in [4.78, 5) is 8.23. The lowest BCUT2D eigenvalue weighted by Crippen LogP contribution is -2.45. The summed E-state index contributed by atoms with van der Waals surface area (Å²) < 4.78 is 26.7. The molecule has 0 amide bonds. The second-order valence-corrected chi connectivity index (χ2v) is 7.54. The highest BCUT2D eigenvalue weighted by Gasteiger charge is 2.19. The molecule has 4 rings (SSSR count). The fourth-order valence-corrected chi connectivity index (χ4v) is 3.98. The number of H-pyrrole nitrogens is 1. The molecule has 0 radical (unpaired) electrons. The van der Waals surface area contributed by atoms with E-state index in [2.05, 4.69) is 46.8 Å². The highest BCUT2D eigenvalue weighted by Crippen LogP contribution is 2.25. The molecule has 0 bridgehead atoms. The summed E-state index contributed by atoms with van der Waals surface area (Å²) in [6.45, 7) is 9.49. The van der Waals surface area contributed by atoms with Crippen molar-refractivity contribution in [2.75, 3.05) is 26.2 Å². The Balaban J connectivity index is 1.39. The van der Waals surface area contributed by atoms with E-state index in [1.807, 2.05) is 0 Å². The van der Waals surface area contributed by atoms with Crippen molar-refractivity contribution in [3.05, 3.63) is 70.4 Å². The summed E-state index contributed by atoms with van der Waals surface area (Å²) in [6, 6.07) is 10.3. The summed E-state index contributed by atoms with van der Waals surface area (Å²) >= 11 is 0. The van der Waals surface area contributed by atoms with Gasteiger partial charge in [-0.2, -0.15) is 0 Å². The van der Waals surface area contributed by atoms with Crippen molar-refractivity contribution in [1.29, 1.82) is 0 Å². The summed E-state index contributed by atoms with van der Waals surface area (Å²) in [6.07, 6.45) is 0. The number of halogens is 2. The minimum Gasteiger partial charge on any atom is -0.358 e. The number of para-hydroxylation sites is 1. The molecule has 1 saturated heterocycles. The Labute approximate surface area is 158 Å². The van der Waals surface area contributed by atoms with Gasteiger partial charge < -0.3 is 4.98 Å². The van der Waals surface area contributed by atoms with Gasteiger partial charge in [0.25, 0.3) is 0 Å². The number of rotatable bonds is 4. The van der Waals surface area contributed by atoms with E-state index < -0.39 is 11.6 Å². The molecule has 0 unspecified atom stereocenters. The minimum atomic E-state index is -0.506. The first-order chi connectivity index (χ1) is 13.0. The van der Waals surface area contributed by atoms with Gasteiger partial charge >= 0.3 is 0 Å². The number of aromatic nitrogens is 1. The quantitative estimate of drug-likeness (QED) is 0.737. The van der Waals surface area contributed by atoms with Gasteiger partial charge in [0.2, 0.25) is 0 Å². The highest BCUT2D eigenvalue weighted by atomic mass is 19.1. The Bertz CT molecular complexity index is 935. The van der Waals surface area contributed by atoms with Crippen LogP contribution in [0.4, 0.5) is 8.78 Å². The summed E-state index contributed by atoms with van der Waals surface area (Å²) in [5.74, 6) is -1.01. The summed E-state index contributed by atoms with van der Waals surface area (Å²) in [7, 11) is 0. The molecule has 0 saturated carbocycles. The average molecular weight is 369 g/mol. The summed E-state index contributed by atoms with van der Waals surface area (Å²) in [5.41, 5.74) is 5.81. The zero-order valence-electron chi connectivity index (χ0n) is 15.9. The first-order valence-electron chi connectivity index (χ1n) is 9.46. The molecule has 1 aliphatic rings. The van der Waals surface area contributed by atoms with Crippen LogP contribution in [-0.4, -0.2) is 41.0 Å². The second-order valence-electron chi connectivity index (χ2n) is 7.54. The maximum absolute atomic E-state index is 13.4. The summed E-state index contributed by atoms with van der Waals surface area (Å²) in [5, 5.41) is 1.30. The number of aromatic amines is 1. The predicted octanol–water partition coefficient (Wildman–Crippen LogP) is 4.38. The van der Waals surface area contributed by atoms with Gasteiger partial charge in [-0.05, 0) is 42.7 Å². The van der Waals surface area contributed by atoms with Crippen LogP contribution in [-0.2, 0) is 13.1 Å². The number of fused-ring (bicyclic) bond motifs is 1. The van der Waals surface area contributed by atoms with E-state index in [1.54, 1.807) is 0 Å². The van der Waals surface area contributed by atoms with Gasteiger partial charge in [-0.25, -0.2) is 8.78 Å². The third-order valence-corrected chi connectivity index (χ3v) is 5.62. The Hall–Kier alpha value is -2.24. The Kier molecular flexibility index (Phi) is 4.98. The average Bonchev–Trinajstić information content (AvgIpc) is 2.92. The van der Waals surface area contributed by atoms with Crippen LogP contribution in [0.25, 0.3) is 10.9 Å². The van der Waals surface area contributed by atoms with Crippen LogP contribution in [0, 0.1) is 25.5 Å². The predicted molar refractivity (Wildman–Crippen MR) is 105 cm³/mol. The molecule has 1 aliphatic heterocycles. The molecule has 0 spiro atoms. The zero-order chi connectivity index (χ0) is 19.0. The van der Waals surface area contributed by atoms with Crippen LogP contribution in [0.5, 0.6) is 0 Å². The Morgan fingerprint density at radius 1 is 0.889 bits per heavy atom. The number of nitrogens with one attached hydrogen (secondary N) is 1. The number of hydrogen-bond acceptors (Lipinski definition) is 2. The topological polar surface area (TPSA) is 22.3 Å². The van der Waals surface area contributed by atoms with E-state index in [0.29, 0.717) is 12.1 Å². The first-order valence-corrected chi connectivity index (χ1v) is 9.46. The standard InChI is InChI=1S/C22H25F2N3/c1-15-16(2)25-22-18(4-3-5-21(15)22)14-27-8-6-26(7-9-27)13-17-10-19(23)12-20(24)11-17/h3-5,10-12,25H,6-9,13-14H2,1-2H3. The number of nitrogens with zero attached hydrogens (tertiary/aromatic N) is 2. The molecular formula is C22H25F2N3. The molecule has 0 aliphatic carbocycles. The third-order valence-electron chi connectivity index (χ3n) is 5.62. The lowest BCUT2D eigenvalue weighted by molar-refractivity contribution is 0.122. The lowest BCUT2D eigenvalue weighted by Gasteiger charge is -2.34. The molecule has 1 fully saturated rings. The van der Waals surface area contributed by atoms with Crippen molar-refractivity contribution in [3.63, 3.8) is 0 Å². The van der Waals surface area contributed by atoms with Crippen LogP contribution < -0.4 is 0 Å². The van der Waals surface area contributed by atoms with Crippen LogP contribution in [0.1, 0.15) is 22.4 Å². The van der Waals surface area contributed by atoms with Crippen LogP contribution in [0.2, 0.25) is 0 Å². The van der Waals surface area contributed by atoms with Gasteiger partial charge in [-0.1, -0.05) is 18.2 Å². The maximum atomic E-state index is 13.4. The molecule has 1 aromatic heterocycles. The van der Waals surface area contributed by atoms with Crippen LogP contribution in [0.3, 0.4) is 0 Å². The molecular weight excluding hydrogens is 344 g/mol. The molecule has 3 aromatic rings.